The zero-order valence-corrected chi connectivity index (χ0v) is 6.13. The molecule has 1 saturated carbocycles. The summed E-state index contributed by atoms with van der Waals surface area (Å²) < 4.78 is 5.24. The Kier molecular flexibility index (Phi) is 1.93. The van der Waals surface area contributed by atoms with Crippen molar-refractivity contribution in [1.29, 1.82) is 5.26 Å². The Morgan fingerprint density at radius 2 is 2.40 bits per heavy atom. The van der Waals surface area contributed by atoms with Crippen molar-refractivity contribution >= 4 is 0 Å². The number of rotatable bonds is 2. The Labute approximate surface area is 60.8 Å². The zero-order valence-electron chi connectivity index (χ0n) is 6.13. The summed E-state index contributed by atoms with van der Waals surface area (Å²) in [6, 6.07) is 2.06. The quantitative estimate of drug-likeness (QED) is 0.604. The molecule has 3 heteroatoms. The molecule has 56 valence electrons. The number of nitrogens with zero attached hydrogens (tertiary/aromatic N) is 1. The molecular weight excluding hydrogens is 128 g/mol. The SMILES string of the molecule is CCOC1CC(N)(C#N)C1. The molecule has 2 N–H and O–H groups in total. The molecule has 1 aliphatic carbocycles. The van der Waals surface area contributed by atoms with Gasteiger partial charge in [0, 0.05) is 19.4 Å². The standard InChI is InChI=1S/C7H12N2O/c1-2-10-6-3-7(9,4-6)5-8/h6H,2-4,9H2,1H3. The van der Waals surface area contributed by atoms with Crippen LogP contribution in [-0.4, -0.2) is 18.2 Å². The third-order valence-electron chi connectivity index (χ3n) is 1.81. The summed E-state index contributed by atoms with van der Waals surface area (Å²) in [5, 5.41) is 8.50. The average molecular weight is 140 g/mol. The van der Waals surface area contributed by atoms with Crippen LogP contribution in [0.3, 0.4) is 0 Å². The van der Waals surface area contributed by atoms with Crippen molar-refractivity contribution in [2.75, 3.05) is 6.61 Å². The van der Waals surface area contributed by atoms with Crippen LogP contribution in [0.5, 0.6) is 0 Å². The van der Waals surface area contributed by atoms with Gasteiger partial charge in [-0.15, -0.1) is 0 Å². The van der Waals surface area contributed by atoms with Crippen LogP contribution in [0.4, 0.5) is 0 Å². The summed E-state index contributed by atoms with van der Waals surface area (Å²) in [5.74, 6) is 0. The first-order valence-electron chi connectivity index (χ1n) is 3.52. The lowest BCUT2D eigenvalue weighted by molar-refractivity contribution is -0.0199. The molecule has 0 atom stereocenters. The minimum Gasteiger partial charge on any atom is -0.378 e. The molecule has 0 saturated heterocycles. The normalized spacial score (nSPS) is 38.3. The molecule has 0 aromatic rings. The Bertz CT molecular complexity index is 155. The van der Waals surface area contributed by atoms with Crippen molar-refractivity contribution in [3.63, 3.8) is 0 Å². The summed E-state index contributed by atoms with van der Waals surface area (Å²) in [6.07, 6.45) is 1.61. The maximum atomic E-state index is 8.50. The molecule has 1 fully saturated rings. The van der Waals surface area contributed by atoms with Gasteiger partial charge in [-0.2, -0.15) is 5.26 Å². The van der Waals surface area contributed by atoms with Gasteiger partial charge in [-0.3, -0.25) is 0 Å². The van der Waals surface area contributed by atoms with Crippen LogP contribution in [-0.2, 0) is 4.74 Å². The second-order valence-corrected chi connectivity index (χ2v) is 2.75. The molecular formula is C7H12N2O. The molecule has 0 bridgehead atoms. The molecule has 1 aliphatic rings. The first-order chi connectivity index (χ1) is 4.70. The van der Waals surface area contributed by atoms with E-state index in [-0.39, 0.29) is 6.10 Å². The van der Waals surface area contributed by atoms with E-state index in [1.807, 2.05) is 6.92 Å². The van der Waals surface area contributed by atoms with E-state index in [1.54, 1.807) is 0 Å². The fourth-order valence-corrected chi connectivity index (χ4v) is 1.20. The van der Waals surface area contributed by atoms with Gasteiger partial charge in [0.25, 0.3) is 0 Å². The van der Waals surface area contributed by atoms with Crippen molar-refractivity contribution in [1.82, 2.24) is 0 Å². The van der Waals surface area contributed by atoms with Crippen LogP contribution in [0.15, 0.2) is 0 Å². The molecule has 0 unspecified atom stereocenters. The van der Waals surface area contributed by atoms with Gasteiger partial charge in [0.15, 0.2) is 0 Å². The zero-order chi connectivity index (χ0) is 7.61. The summed E-state index contributed by atoms with van der Waals surface area (Å²) in [4.78, 5) is 0. The number of hydrogen-bond acceptors (Lipinski definition) is 3. The number of hydrogen-bond donors (Lipinski definition) is 1. The highest BCUT2D eigenvalue weighted by molar-refractivity contribution is 5.14. The first-order valence-corrected chi connectivity index (χ1v) is 3.52. The molecule has 0 aromatic heterocycles. The van der Waals surface area contributed by atoms with E-state index in [2.05, 4.69) is 6.07 Å². The Hall–Kier alpha value is -0.590. The minimum atomic E-state index is -0.583. The van der Waals surface area contributed by atoms with Gasteiger partial charge in [-0.05, 0) is 6.92 Å². The molecule has 0 heterocycles. The maximum Gasteiger partial charge on any atom is 0.109 e. The second-order valence-electron chi connectivity index (χ2n) is 2.75. The molecule has 0 aromatic carbocycles. The third-order valence-corrected chi connectivity index (χ3v) is 1.81. The van der Waals surface area contributed by atoms with Crippen LogP contribution in [0, 0.1) is 11.3 Å². The lowest BCUT2D eigenvalue weighted by Gasteiger charge is -2.38. The minimum absolute atomic E-state index is 0.231. The van der Waals surface area contributed by atoms with Crippen LogP contribution in [0.1, 0.15) is 19.8 Å². The fraction of sp³-hybridized carbons (Fsp3) is 0.857. The van der Waals surface area contributed by atoms with Gasteiger partial charge < -0.3 is 10.5 Å². The first kappa shape index (κ1) is 7.52. The summed E-state index contributed by atoms with van der Waals surface area (Å²) in [6.45, 7) is 2.66. The van der Waals surface area contributed by atoms with Gasteiger partial charge in [0.2, 0.25) is 0 Å². The fourth-order valence-electron chi connectivity index (χ4n) is 1.20. The maximum absolute atomic E-state index is 8.50. The second kappa shape index (κ2) is 2.57. The smallest absolute Gasteiger partial charge is 0.109 e. The Balaban J connectivity index is 2.24. The van der Waals surface area contributed by atoms with Crippen LogP contribution < -0.4 is 5.73 Å². The monoisotopic (exact) mass is 140 g/mol. The molecule has 3 nitrogen and oxygen atoms in total. The molecule has 0 aliphatic heterocycles. The average Bonchev–Trinajstić information content (AvgIpc) is 1.85. The largest absolute Gasteiger partial charge is 0.378 e. The van der Waals surface area contributed by atoms with E-state index in [0.717, 1.165) is 0 Å². The molecule has 1 rings (SSSR count). The predicted octanol–water partition coefficient (Wildman–Crippen LogP) is 0.406. The Morgan fingerprint density at radius 1 is 1.80 bits per heavy atom. The van der Waals surface area contributed by atoms with E-state index in [4.69, 9.17) is 15.7 Å². The molecule has 0 radical (unpaired) electrons. The van der Waals surface area contributed by atoms with Crippen LogP contribution >= 0.6 is 0 Å². The molecule has 10 heavy (non-hydrogen) atoms. The van der Waals surface area contributed by atoms with Crippen molar-refractivity contribution in [3.8, 4) is 6.07 Å². The van der Waals surface area contributed by atoms with Crippen molar-refractivity contribution in [2.24, 2.45) is 5.73 Å². The van der Waals surface area contributed by atoms with Gasteiger partial charge in [0.1, 0.15) is 5.54 Å². The highest BCUT2D eigenvalue weighted by atomic mass is 16.5. The molecule has 0 spiro atoms. The number of nitriles is 1. The summed E-state index contributed by atoms with van der Waals surface area (Å²) in [7, 11) is 0. The van der Waals surface area contributed by atoms with Crippen LogP contribution in [0.2, 0.25) is 0 Å². The van der Waals surface area contributed by atoms with E-state index in [9.17, 15) is 0 Å². The van der Waals surface area contributed by atoms with Crippen molar-refractivity contribution < 1.29 is 4.74 Å². The Morgan fingerprint density at radius 3 is 2.80 bits per heavy atom. The number of ether oxygens (including phenoxy) is 1. The van der Waals surface area contributed by atoms with E-state index in [0.29, 0.717) is 19.4 Å². The summed E-state index contributed by atoms with van der Waals surface area (Å²) >= 11 is 0. The van der Waals surface area contributed by atoms with Gasteiger partial charge >= 0.3 is 0 Å². The van der Waals surface area contributed by atoms with E-state index >= 15 is 0 Å². The number of nitrogens with two attached hydrogens (primary N) is 1. The lowest BCUT2D eigenvalue weighted by atomic mass is 9.76. The highest BCUT2D eigenvalue weighted by Gasteiger charge is 2.41. The summed E-state index contributed by atoms with van der Waals surface area (Å²) in [5.41, 5.74) is 5.00. The van der Waals surface area contributed by atoms with E-state index in [1.165, 1.54) is 0 Å². The van der Waals surface area contributed by atoms with Crippen LogP contribution in [0.25, 0.3) is 0 Å². The van der Waals surface area contributed by atoms with Gasteiger partial charge in [0.05, 0.1) is 12.2 Å². The van der Waals surface area contributed by atoms with Gasteiger partial charge in [-0.25, -0.2) is 0 Å². The van der Waals surface area contributed by atoms with Crippen molar-refractivity contribution in [3.05, 3.63) is 0 Å². The third kappa shape index (κ3) is 1.28. The molecule has 0 amide bonds. The van der Waals surface area contributed by atoms with Gasteiger partial charge in [-0.1, -0.05) is 0 Å². The predicted molar refractivity (Wildman–Crippen MR) is 37.2 cm³/mol. The lowest BCUT2D eigenvalue weighted by Crippen LogP contribution is -2.54. The highest BCUT2D eigenvalue weighted by Crippen LogP contribution is 2.31. The van der Waals surface area contributed by atoms with Crippen molar-refractivity contribution in [2.45, 2.75) is 31.4 Å². The van der Waals surface area contributed by atoms with E-state index < -0.39 is 5.54 Å². The topological polar surface area (TPSA) is 59.0 Å².